The zero-order chi connectivity index (χ0) is 37.0. The number of hydrogen-bond acceptors (Lipinski definition) is 12. The van der Waals surface area contributed by atoms with Crippen LogP contribution < -0.4 is 0 Å². The zero-order valence-corrected chi connectivity index (χ0v) is 29.5. The fourth-order valence-electron chi connectivity index (χ4n) is 5.32. The maximum Gasteiger partial charge on any atom is 0.416 e. The van der Waals surface area contributed by atoms with E-state index in [2.05, 4.69) is 6.92 Å². The quantitative estimate of drug-likeness (QED) is 0.0760. The summed E-state index contributed by atoms with van der Waals surface area (Å²) in [5, 5.41) is 0. The van der Waals surface area contributed by atoms with Crippen LogP contribution in [-0.4, -0.2) is 102 Å². The van der Waals surface area contributed by atoms with Crippen molar-refractivity contribution in [2.24, 2.45) is 5.92 Å². The first-order valence-corrected chi connectivity index (χ1v) is 16.9. The number of nitrogens with zero attached hydrogens (tertiary/aromatic N) is 2. The highest BCUT2D eigenvalue weighted by Crippen LogP contribution is 2.40. The van der Waals surface area contributed by atoms with Crippen molar-refractivity contribution >= 4 is 41.7 Å². The van der Waals surface area contributed by atoms with E-state index in [1.165, 1.54) is 32.2 Å². The van der Waals surface area contributed by atoms with Gasteiger partial charge in [-0.15, -0.1) is 0 Å². The van der Waals surface area contributed by atoms with Crippen molar-refractivity contribution in [3.63, 3.8) is 0 Å². The van der Waals surface area contributed by atoms with Crippen molar-refractivity contribution in [1.82, 2.24) is 9.80 Å². The van der Waals surface area contributed by atoms with Crippen molar-refractivity contribution in [3.8, 4) is 0 Å². The van der Waals surface area contributed by atoms with Crippen molar-refractivity contribution in [2.75, 3.05) is 13.7 Å². The van der Waals surface area contributed by atoms with Gasteiger partial charge in [0.15, 0.2) is 12.2 Å². The zero-order valence-electron chi connectivity index (χ0n) is 29.5. The number of cyclic esters (lactones) is 1. The number of allylic oxidation sites excluding steroid dienone is 3. The average molecular weight is 701 g/mol. The Bertz CT molecular complexity index is 1420. The average Bonchev–Trinajstić information content (AvgIpc) is 3.97. The van der Waals surface area contributed by atoms with Crippen LogP contribution in [0, 0.1) is 5.92 Å². The maximum atomic E-state index is 13.0. The lowest BCUT2D eigenvalue weighted by Crippen LogP contribution is -2.46. The molecule has 0 aliphatic carbocycles. The molecular weight excluding hydrogens is 652 g/mol. The van der Waals surface area contributed by atoms with Gasteiger partial charge in [0, 0.05) is 45.5 Å². The number of epoxide rings is 2. The minimum Gasteiger partial charge on any atom is -0.465 e. The number of esters is 2. The van der Waals surface area contributed by atoms with Crippen molar-refractivity contribution in [3.05, 3.63) is 48.1 Å². The van der Waals surface area contributed by atoms with Crippen LogP contribution in [0.5, 0.6) is 0 Å². The first-order valence-electron chi connectivity index (χ1n) is 16.9. The molecule has 0 aromatic heterocycles. The number of imide groups is 4. The number of ether oxygens (including phenoxy) is 5. The molecule has 5 amide bonds. The highest BCUT2D eigenvalue weighted by molar-refractivity contribution is 6.16. The lowest BCUT2D eigenvalue weighted by Gasteiger charge is -2.26. The lowest BCUT2D eigenvalue weighted by atomic mass is 10.00. The Morgan fingerprint density at radius 3 is 2.44 bits per heavy atom. The van der Waals surface area contributed by atoms with Gasteiger partial charge in [0.1, 0.15) is 18.3 Å². The smallest absolute Gasteiger partial charge is 0.416 e. The molecule has 0 radical (unpaired) electrons. The van der Waals surface area contributed by atoms with Crippen LogP contribution in [-0.2, 0) is 52.5 Å². The monoisotopic (exact) mass is 700 g/mol. The Kier molecular flexibility index (Phi) is 15.3. The molecule has 0 bridgehead atoms. The van der Waals surface area contributed by atoms with Crippen LogP contribution >= 0.6 is 0 Å². The first kappa shape index (κ1) is 40.0. The third-order valence-electron chi connectivity index (χ3n) is 8.36. The van der Waals surface area contributed by atoms with E-state index in [1.54, 1.807) is 19.1 Å². The molecule has 274 valence electrons. The topological polar surface area (TPSA) is 179 Å². The molecule has 50 heavy (non-hydrogen) atoms. The van der Waals surface area contributed by atoms with E-state index in [4.69, 9.17) is 23.7 Å². The van der Waals surface area contributed by atoms with Gasteiger partial charge in [0.2, 0.25) is 11.8 Å². The van der Waals surface area contributed by atoms with Crippen LogP contribution in [0.4, 0.5) is 4.79 Å². The molecule has 3 aliphatic heterocycles. The second-order valence-corrected chi connectivity index (χ2v) is 12.7. The van der Waals surface area contributed by atoms with Crippen LogP contribution in [0.3, 0.4) is 0 Å². The predicted octanol–water partition coefficient (Wildman–Crippen LogP) is 3.88. The summed E-state index contributed by atoms with van der Waals surface area (Å²) in [6.07, 6.45) is 7.76. The van der Waals surface area contributed by atoms with Gasteiger partial charge in [0.05, 0.1) is 12.7 Å². The molecule has 0 aromatic carbocycles. The Morgan fingerprint density at radius 1 is 1.04 bits per heavy atom. The molecule has 2 fully saturated rings. The van der Waals surface area contributed by atoms with Gasteiger partial charge in [-0.1, -0.05) is 63.0 Å². The SMILES string of the molecule is CCCCC(C)CC(=O)OCC/C=C/C1OC1C1OC(=O)/C=C\C=C\C(=O)N(C(C)=O)C(=O)/C=C(/C)CCC2OC2C1OC(=O)N(C)C(C)=O. The molecular formula is C36H48N2O12. The van der Waals surface area contributed by atoms with Gasteiger partial charge in [-0.3, -0.25) is 28.9 Å². The maximum absolute atomic E-state index is 13.0. The third kappa shape index (κ3) is 12.5. The minimum absolute atomic E-state index is 0.186. The summed E-state index contributed by atoms with van der Waals surface area (Å²) in [5.74, 6) is -3.93. The van der Waals surface area contributed by atoms with Gasteiger partial charge in [-0.05, 0) is 32.1 Å². The van der Waals surface area contributed by atoms with E-state index in [0.717, 1.165) is 43.2 Å². The molecule has 0 saturated carbocycles. The molecule has 14 nitrogen and oxygen atoms in total. The van der Waals surface area contributed by atoms with E-state index >= 15 is 0 Å². The fourth-order valence-corrected chi connectivity index (χ4v) is 5.32. The van der Waals surface area contributed by atoms with E-state index in [9.17, 15) is 33.6 Å². The Balaban J connectivity index is 1.79. The number of hydrogen-bond donors (Lipinski definition) is 0. The number of fused-ring (bicyclic) bond motifs is 1. The van der Waals surface area contributed by atoms with Gasteiger partial charge in [-0.25, -0.2) is 14.5 Å². The molecule has 7 unspecified atom stereocenters. The largest absolute Gasteiger partial charge is 0.465 e. The highest BCUT2D eigenvalue weighted by atomic mass is 16.7. The molecule has 0 spiro atoms. The summed E-state index contributed by atoms with van der Waals surface area (Å²) in [7, 11) is 1.25. The normalized spacial score (nSPS) is 28.6. The summed E-state index contributed by atoms with van der Waals surface area (Å²) in [6, 6.07) is 0. The Labute approximate surface area is 292 Å². The second kappa shape index (κ2) is 19.1. The lowest BCUT2D eigenvalue weighted by molar-refractivity contribution is -0.153. The second-order valence-electron chi connectivity index (χ2n) is 12.7. The molecule has 14 heteroatoms. The molecule has 7 atom stereocenters. The summed E-state index contributed by atoms with van der Waals surface area (Å²) in [5.41, 5.74) is 0.566. The van der Waals surface area contributed by atoms with E-state index in [0.29, 0.717) is 36.2 Å². The summed E-state index contributed by atoms with van der Waals surface area (Å²) in [4.78, 5) is 88.7. The minimum atomic E-state index is -1.18. The molecule has 3 aliphatic rings. The summed E-state index contributed by atoms with van der Waals surface area (Å²) in [6.45, 7) is 8.26. The molecule has 3 heterocycles. The molecule has 3 rings (SSSR count). The molecule has 2 saturated heterocycles. The van der Waals surface area contributed by atoms with E-state index < -0.39 is 72.3 Å². The van der Waals surface area contributed by atoms with Crippen LogP contribution in [0.1, 0.15) is 79.6 Å². The number of rotatable bonds is 11. The van der Waals surface area contributed by atoms with Crippen molar-refractivity contribution in [1.29, 1.82) is 0 Å². The highest BCUT2D eigenvalue weighted by Gasteiger charge is 2.58. The van der Waals surface area contributed by atoms with Gasteiger partial charge in [-0.2, -0.15) is 0 Å². The van der Waals surface area contributed by atoms with Gasteiger partial charge in [0.25, 0.3) is 11.8 Å². The predicted molar refractivity (Wildman–Crippen MR) is 178 cm³/mol. The first-order chi connectivity index (χ1) is 23.7. The van der Waals surface area contributed by atoms with Crippen LogP contribution in [0.25, 0.3) is 0 Å². The summed E-state index contributed by atoms with van der Waals surface area (Å²) < 4.78 is 28.6. The van der Waals surface area contributed by atoms with Crippen LogP contribution in [0.2, 0.25) is 0 Å². The standard InChI is InChI=1S/C36H48N2O12/c1-7-8-13-22(2)21-31(44)46-19-12-11-14-26-32(47-26)34-35(50-36(45)37(6)24(4)39)33-27(48-33)18-17-23(3)20-29(42)38(25(5)40)28(41)15-9-10-16-30(43)49-34/h9-11,14-16,20,22,26-27,32-35H,7-8,12-13,17-19,21H2,1-6H3/b14-11+,15-9+,16-10-,23-20-. The molecule has 0 aromatic rings. The molecule has 0 N–H and O–H groups in total. The number of unbranched alkanes of at least 4 members (excludes halogenated alkanes) is 1. The third-order valence-corrected chi connectivity index (χ3v) is 8.36. The number of carbonyl (C=O) groups is 7. The Morgan fingerprint density at radius 2 is 1.76 bits per heavy atom. The van der Waals surface area contributed by atoms with Gasteiger partial charge < -0.3 is 23.7 Å². The number of amides is 5. The van der Waals surface area contributed by atoms with Gasteiger partial charge >= 0.3 is 18.0 Å². The Hall–Kier alpha value is -4.43. The van der Waals surface area contributed by atoms with E-state index in [-0.39, 0.29) is 18.5 Å². The van der Waals surface area contributed by atoms with Crippen molar-refractivity contribution < 1.29 is 57.2 Å². The fraction of sp³-hybridized carbons (Fsp3) is 0.583. The van der Waals surface area contributed by atoms with Crippen molar-refractivity contribution in [2.45, 2.75) is 116 Å². The summed E-state index contributed by atoms with van der Waals surface area (Å²) >= 11 is 0. The number of carbonyl (C=O) groups excluding carboxylic acids is 7. The van der Waals surface area contributed by atoms with Crippen LogP contribution in [0.15, 0.2) is 48.1 Å². The van der Waals surface area contributed by atoms with E-state index in [1.807, 2.05) is 6.92 Å².